The van der Waals surface area contributed by atoms with Crippen LogP contribution in [0.15, 0.2) is 72.8 Å². The summed E-state index contributed by atoms with van der Waals surface area (Å²) in [4.78, 5) is 37.5. The third kappa shape index (κ3) is 6.93. The molecule has 35 heavy (non-hydrogen) atoms. The molecule has 0 aromatic heterocycles. The van der Waals surface area contributed by atoms with E-state index in [-0.39, 0.29) is 17.4 Å². The van der Waals surface area contributed by atoms with Gasteiger partial charge in [-0.3, -0.25) is 25.2 Å². The highest BCUT2D eigenvalue weighted by Crippen LogP contribution is 2.23. The van der Waals surface area contributed by atoms with Crippen molar-refractivity contribution in [3.63, 3.8) is 0 Å². The summed E-state index contributed by atoms with van der Waals surface area (Å²) in [5.41, 5.74) is 7.70. The molecule has 7 nitrogen and oxygen atoms in total. The van der Waals surface area contributed by atoms with Crippen molar-refractivity contribution in [3.05, 3.63) is 95.1 Å². The number of hydrogen-bond donors (Lipinski definition) is 3. The van der Waals surface area contributed by atoms with Crippen molar-refractivity contribution in [1.82, 2.24) is 10.9 Å². The second-order valence-electron chi connectivity index (χ2n) is 9.43. The van der Waals surface area contributed by atoms with Crippen LogP contribution in [0.1, 0.15) is 71.3 Å². The largest absolute Gasteiger partial charge is 0.490 e. The van der Waals surface area contributed by atoms with Crippen LogP contribution in [-0.4, -0.2) is 23.8 Å². The lowest BCUT2D eigenvalue weighted by molar-refractivity contribution is 0.0843. The molecule has 0 spiro atoms. The average Bonchev–Trinajstić information content (AvgIpc) is 2.82. The number of nitrogens with one attached hydrogen (secondary N) is 3. The maximum absolute atomic E-state index is 12.6. The number of hydrogen-bond acceptors (Lipinski definition) is 4. The highest BCUT2D eigenvalue weighted by Gasteiger charge is 2.16. The molecule has 0 unspecified atom stereocenters. The molecule has 0 aliphatic carbocycles. The van der Waals surface area contributed by atoms with E-state index in [0.717, 1.165) is 5.56 Å². The Labute approximate surface area is 205 Å². The summed E-state index contributed by atoms with van der Waals surface area (Å²) in [5, 5.41) is 2.82. The fraction of sp³-hybridized carbons (Fsp3) is 0.250. The molecule has 0 radical (unpaired) electrons. The van der Waals surface area contributed by atoms with Gasteiger partial charge < -0.3 is 10.1 Å². The first kappa shape index (κ1) is 25.5. The van der Waals surface area contributed by atoms with E-state index in [1.165, 1.54) is 0 Å². The third-order valence-electron chi connectivity index (χ3n) is 5.20. The molecule has 0 bridgehead atoms. The molecule has 0 heterocycles. The number of para-hydroxylation sites is 1. The number of anilines is 1. The molecular formula is C28H31N3O4. The fourth-order valence-electron chi connectivity index (χ4n) is 3.29. The van der Waals surface area contributed by atoms with Crippen LogP contribution >= 0.6 is 0 Å². The van der Waals surface area contributed by atoms with Crippen molar-refractivity contribution in [2.24, 2.45) is 0 Å². The first-order valence-electron chi connectivity index (χ1n) is 11.4. The molecule has 3 rings (SSSR count). The zero-order chi connectivity index (χ0) is 25.6. The molecule has 3 amide bonds. The van der Waals surface area contributed by atoms with Gasteiger partial charge in [-0.1, -0.05) is 45.0 Å². The lowest BCUT2D eigenvalue weighted by atomic mass is 9.87. The predicted octanol–water partition coefficient (Wildman–Crippen LogP) is 5.10. The molecule has 0 fully saturated rings. The van der Waals surface area contributed by atoms with Crippen molar-refractivity contribution in [2.75, 3.05) is 5.32 Å². The highest BCUT2D eigenvalue weighted by atomic mass is 16.5. The Morgan fingerprint density at radius 1 is 0.714 bits per heavy atom. The van der Waals surface area contributed by atoms with Crippen molar-refractivity contribution < 1.29 is 19.1 Å². The average molecular weight is 474 g/mol. The lowest BCUT2D eigenvalue weighted by Crippen LogP contribution is -2.41. The molecule has 0 atom stereocenters. The highest BCUT2D eigenvalue weighted by molar-refractivity contribution is 6.05. The second kappa shape index (κ2) is 10.9. The second-order valence-corrected chi connectivity index (χ2v) is 9.43. The van der Waals surface area contributed by atoms with Gasteiger partial charge in [0, 0.05) is 16.8 Å². The maximum atomic E-state index is 12.6. The van der Waals surface area contributed by atoms with Gasteiger partial charge in [0.1, 0.15) is 5.75 Å². The van der Waals surface area contributed by atoms with E-state index in [4.69, 9.17) is 4.74 Å². The monoisotopic (exact) mass is 473 g/mol. The third-order valence-corrected chi connectivity index (χ3v) is 5.20. The first-order valence-corrected chi connectivity index (χ1v) is 11.4. The fourth-order valence-corrected chi connectivity index (χ4v) is 3.29. The van der Waals surface area contributed by atoms with Gasteiger partial charge in [0.2, 0.25) is 0 Å². The smallest absolute Gasteiger partial charge is 0.273 e. The van der Waals surface area contributed by atoms with Crippen molar-refractivity contribution in [3.8, 4) is 5.75 Å². The van der Waals surface area contributed by atoms with Crippen LogP contribution in [0.2, 0.25) is 0 Å². The van der Waals surface area contributed by atoms with Gasteiger partial charge >= 0.3 is 0 Å². The van der Waals surface area contributed by atoms with E-state index < -0.39 is 11.8 Å². The molecule has 7 heteroatoms. The number of carbonyl (C=O) groups is 3. The lowest BCUT2D eigenvalue weighted by Gasteiger charge is -2.19. The minimum Gasteiger partial charge on any atom is -0.490 e. The predicted molar refractivity (Wildman–Crippen MR) is 137 cm³/mol. The number of carbonyl (C=O) groups excluding carboxylic acids is 3. The standard InChI is InChI=1S/C28H31N3O4/c1-18(2)35-24-9-7-6-8-23(24)27(34)31-30-26(33)20-12-16-22(17-13-20)29-25(32)19-10-14-21(15-11-19)28(3,4)5/h6-18H,1-5H3,(H,29,32)(H,30,33)(H,31,34). The van der Waals surface area contributed by atoms with Crippen molar-refractivity contribution >= 4 is 23.4 Å². The van der Waals surface area contributed by atoms with Crippen LogP contribution < -0.4 is 20.9 Å². The van der Waals surface area contributed by atoms with Gasteiger partial charge in [-0.2, -0.15) is 0 Å². The van der Waals surface area contributed by atoms with Gasteiger partial charge in [-0.15, -0.1) is 0 Å². The summed E-state index contributed by atoms with van der Waals surface area (Å²) in [5.74, 6) is -0.785. The van der Waals surface area contributed by atoms with Gasteiger partial charge in [0.25, 0.3) is 17.7 Å². The summed E-state index contributed by atoms with van der Waals surface area (Å²) in [7, 11) is 0. The van der Waals surface area contributed by atoms with Gasteiger partial charge in [0.15, 0.2) is 0 Å². The molecule has 3 N–H and O–H groups in total. The van der Waals surface area contributed by atoms with E-state index in [2.05, 4.69) is 36.9 Å². The molecular weight excluding hydrogens is 442 g/mol. The van der Waals surface area contributed by atoms with Gasteiger partial charge in [-0.25, -0.2) is 0 Å². The van der Waals surface area contributed by atoms with Gasteiger partial charge in [0.05, 0.1) is 11.7 Å². The Hall–Kier alpha value is -4.13. The summed E-state index contributed by atoms with van der Waals surface area (Å²) in [6.07, 6.45) is -0.0969. The maximum Gasteiger partial charge on any atom is 0.273 e. The van der Waals surface area contributed by atoms with Crippen LogP contribution in [-0.2, 0) is 5.41 Å². The molecule has 0 aliphatic heterocycles. The quantitative estimate of drug-likeness (QED) is 0.434. The summed E-state index contributed by atoms with van der Waals surface area (Å²) >= 11 is 0. The Morgan fingerprint density at radius 3 is 1.86 bits per heavy atom. The van der Waals surface area contributed by atoms with Crippen LogP contribution in [0.25, 0.3) is 0 Å². The van der Waals surface area contributed by atoms with Gasteiger partial charge in [-0.05, 0) is 73.4 Å². The molecule has 182 valence electrons. The normalized spacial score (nSPS) is 11.0. The number of ether oxygens (including phenoxy) is 1. The van der Waals surface area contributed by atoms with Crippen molar-refractivity contribution in [1.29, 1.82) is 0 Å². The molecule has 0 saturated heterocycles. The summed E-state index contributed by atoms with van der Waals surface area (Å²) in [6.45, 7) is 10.1. The minimum absolute atomic E-state index is 0.0100. The Balaban J connectivity index is 1.57. The zero-order valence-corrected chi connectivity index (χ0v) is 20.6. The number of hydrazine groups is 1. The number of amides is 3. The van der Waals surface area contributed by atoms with Crippen LogP contribution in [0.3, 0.4) is 0 Å². The van der Waals surface area contributed by atoms with E-state index >= 15 is 0 Å². The number of benzene rings is 3. The Morgan fingerprint density at radius 2 is 1.26 bits per heavy atom. The van der Waals surface area contributed by atoms with E-state index in [1.807, 2.05) is 26.0 Å². The SMILES string of the molecule is CC(C)Oc1ccccc1C(=O)NNC(=O)c1ccc(NC(=O)c2ccc(C(C)(C)C)cc2)cc1. The summed E-state index contributed by atoms with van der Waals surface area (Å²) in [6, 6.07) is 20.7. The van der Waals surface area contributed by atoms with Crippen LogP contribution in [0.4, 0.5) is 5.69 Å². The van der Waals surface area contributed by atoms with Crippen LogP contribution in [0.5, 0.6) is 5.75 Å². The molecule has 0 saturated carbocycles. The topological polar surface area (TPSA) is 96.5 Å². The molecule has 3 aromatic carbocycles. The van der Waals surface area contributed by atoms with E-state index in [1.54, 1.807) is 60.7 Å². The zero-order valence-electron chi connectivity index (χ0n) is 20.6. The van der Waals surface area contributed by atoms with Crippen LogP contribution in [0, 0.1) is 0 Å². The van der Waals surface area contributed by atoms with Crippen molar-refractivity contribution in [2.45, 2.75) is 46.1 Å². The van der Waals surface area contributed by atoms with E-state index in [0.29, 0.717) is 28.1 Å². The first-order chi connectivity index (χ1) is 16.5. The summed E-state index contributed by atoms with van der Waals surface area (Å²) < 4.78 is 5.65. The Bertz CT molecular complexity index is 1190. The Kier molecular flexibility index (Phi) is 7.91. The number of rotatable bonds is 6. The minimum atomic E-state index is -0.490. The molecule has 3 aromatic rings. The molecule has 0 aliphatic rings. The van der Waals surface area contributed by atoms with E-state index in [9.17, 15) is 14.4 Å².